The Bertz CT molecular complexity index is 1060. The second kappa shape index (κ2) is 9.13. The molecule has 5 heteroatoms. The van der Waals surface area contributed by atoms with Gasteiger partial charge in [0.2, 0.25) is 0 Å². The molecule has 2 saturated heterocycles. The molecule has 0 aliphatic carbocycles. The predicted octanol–water partition coefficient (Wildman–Crippen LogP) is 4.39. The molecule has 3 N–H and O–H groups in total. The maximum Gasteiger partial charge on any atom is 0.319 e. The zero-order valence-electron chi connectivity index (χ0n) is 18.1. The van der Waals surface area contributed by atoms with E-state index in [1.165, 1.54) is 18.4 Å². The Balaban J connectivity index is 1.21. The number of hydrogen-bond donors (Lipinski definition) is 3. The number of benzene rings is 3. The van der Waals surface area contributed by atoms with E-state index in [9.17, 15) is 9.18 Å². The minimum absolute atomic E-state index is 0.139. The van der Waals surface area contributed by atoms with E-state index in [1.54, 1.807) is 17.0 Å². The van der Waals surface area contributed by atoms with Crippen LogP contribution in [0.4, 0.5) is 14.9 Å². The highest BCUT2D eigenvalue weighted by atomic mass is 19.1. The fraction of sp³-hybridized carbons (Fsp3) is 0.296. The predicted molar refractivity (Wildman–Crippen MR) is 125 cm³/mol. The van der Waals surface area contributed by atoms with Gasteiger partial charge in [-0.3, -0.25) is 0 Å². The van der Waals surface area contributed by atoms with E-state index in [0.717, 1.165) is 36.2 Å². The molecule has 0 saturated carbocycles. The van der Waals surface area contributed by atoms with Crippen molar-refractivity contribution in [2.45, 2.75) is 50.4 Å². The largest absolute Gasteiger partial charge is 0.335 e. The molecule has 3 aromatic carbocycles. The van der Waals surface area contributed by atoms with Gasteiger partial charge in [0.05, 0.1) is 17.8 Å². The minimum atomic E-state index is -0.186. The van der Waals surface area contributed by atoms with Crippen molar-refractivity contribution < 1.29 is 14.1 Å². The maximum atomic E-state index is 13.2. The molecule has 0 spiro atoms. The number of quaternary nitrogens is 1. The van der Waals surface area contributed by atoms with Crippen LogP contribution >= 0.6 is 0 Å². The lowest BCUT2D eigenvalue weighted by Gasteiger charge is -2.36. The highest BCUT2D eigenvalue weighted by molar-refractivity contribution is 5.94. The molecule has 3 aromatic rings. The van der Waals surface area contributed by atoms with Crippen molar-refractivity contribution in [3.8, 4) is 11.1 Å². The van der Waals surface area contributed by atoms with Crippen molar-refractivity contribution in [2.24, 2.45) is 0 Å². The number of halogens is 1. The number of fused-ring (bicyclic) bond motifs is 2. The number of carbonyl (C=O) groups is 1. The Kier molecular flexibility index (Phi) is 5.91. The third-order valence-electron chi connectivity index (χ3n) is 6.97. The summed E-state index contributed by atoms with van der Waals surface area (Å²) in [5, 5.41) is 6.30. The van der Waals surface area contributed by atoms with Gasteiger partial charge in [-0.25, -0.2) is 9.18 Å². The van der Waals surface area contributed by atoms with Gasteiger partial charge in [0, 0.05) is 42.9 Å². The first kappa shape index (κ1) is 20.7. The fourth-order valence-electron chi connectivity index (χ4n) is 5.48. The number of rotatable bonds is 5. The molecule has 0 aromatic heterocycles. The van der Waals surface area contributed by atoms with Gasteiger partial charge in [-0.1, -0.05) is 60.7 Å². The molecule has 2 aliphatic rings. The summed E-state index contributed by atoms with van der Waals surface area (Å²) in [7, 11) is 0. The van der Waals surface area contributed by atoms with E-state index in [1.807, 2.05) is 54.6 Å². The molecular formula is C27H29FN3O+. The molecule has 4 nitrogen and oxygen atoms in total. The monoisotopic (exact) mass is 430 g/mol. The number of urea groups is 1. The normalized spacial score (nSPS) is 24.2. The lowest BCUT2D eigenvalue weighted by molar-refractivity contribution is -0.954. The van der Waals surface area contributed by atoms with E-state index in [4.69, 9.17) is 0 Å². The number of amides is 2. The Hall–Kier alpha value is -3.18. The van der Waals surface area contributed by atoms with Crippen LogP contribution in [0.25, 0.3) is 11.1 Å². The van der Waals surface area contributed by atoms with Crippen molar-refractivity contribution in [3.63, 3.8) is 0 Å². The summed E-state index contributed by atoms with van der Waals surface area (Å²) in [4.78, 5) is 14.4. The number of nitrogens with one attached hydrogen (secondary N) is 3. The molecule has 2 unspecified atom stereocenters. The third kappa shape index (κ3) is 4.53. The summed E-state index contributed by atoms with van der Waals surface area (Å²) in [5.41, 5.74) is 4.10. The van der Waals surface area contributed by atoms with Crippen molar-refractivity contribution in [3.05, 3.63) is 90.2 Å². The van der Waals surface area contributed by atoms with E-state index >= 15 is 0 Å². The molecule has 2 bridgehead atoms. The van der Waals surface area contributed by atoms with Crippen molar-refractivity contribution >= 4 is 11.7 Å². The molecule has 2 amide bonds. The van der Waals surface area contributed by atoms with Crippen LogP contribution in [0.3, 0.4) is 0 Å². The van der Waals surface area contributed by atoms with Crippen molar-refractivity contribution in [2.75, 3.05) is 5.32 Å². The zero-order valence-corrected chi connectivity index (χ0v) is 18.1. The number of carbonyl (C=O) groups excluding carboxylic acids is 1. The standard InChI is InChI=1S/C27H28FN3O/c28-21-12-10-19(11-13-21)18-31-23-14-15-24(31)17-22(16-23)29-27(32)30-26-9-5-4-8-25(26)20-6-2-1-3-7-20/h1-13,22-24H,14-18H2,(H2,29,30,32)/p+1/t22?,23-,24+. The third-order valence-corrected chi connectivity index (χ3v) is 6.97. The highest BCUT2D eigenvalue weighted by Gasteiger charge is 2.44. The van der Waals surface area contributed by atoms with Gasteiger partial charge in [0.15, 0.2) is 0 Å². The highest BCUT2D eigenvalue weighted by Crippen LogP contribution is 2.28. The average molecular weight is 431 g/mol. The van der Waals surface area contributed by atoms with Crippen LogP contribution in [0.2, 0.25) is 0 Å². The van der Waals surface area contributed by atoms with Crippen LogP contribution in [0, 0.1) is 5.82 Å². The first-order valence-electron chi connectivity index (χ1n) is 11.5. The number of piperidine rings is 1. The van der Waals surface area contributed by atoms with E-state index in [-0.39, 0.29) is 17.9 Å². The van der Waals surface area contributed by atoms with Crippen LogP contribution in [0.1, 0.15) is 31.2 Å². The van der Waals surface area contributed by atoms with Crippen molar-refractivity contribution in [1.82, 2.24) is 5.32 Å². The van der Waals surface area contributed by atoms with Gasteiger partial charge < -0.3 is 15.5 Å². The lowest BCUT2D eigenvalue weighted by atomic mass is 9.96. The Morgan fingerprint density at radius 2 is 1.53 bits per heavy atom. The summed E-state index contributed by atoms with van der Waals surface area (Å²) in [6.07, 6.45) is 4.36. The molecule has 2 heterocycles. The summed E-state index contributed by atoms with van der Waals surface area (Å²) >= 11 is 0. The van der Waals surface area contributed by atoms with Gasteiger partial charge in [-0.05, 0) is 23.8 Å². The van der Waals surface area contributed by atoms with E-state index in [0.29, 0.717) is 12.1 Å². The average Bonchev–Trinajstić information content (AvgIpc) is 3.03. The lowest BCUT2D eigenvalue weighted by Crippen LogP contribution is -3.17. The van der Waals surface area contributed by atoms with Gasteiger partial charge in [-0.15, -0.1) is 0 Å². The van der Waals surface area contributed by atoms with Crippen LogP contribution in [0.5, 0.6) is 0 Å². The smallest absolute Gasteiger partial charge is 0.319 e. The zero-order chi connectivity index (χ0) is 21.9. The second-order valence-electron chi connectivity index (χ2n) is 9.03. The van der Waals surface area contributed by atoms with Gasteiger partial charge >= 0.3 is 6.03 Å². The summed E-state index contributed by atoms with van der Waals surface area (Å²) < 4.78 is 13.2. The van der Waals surface area contributed by atoms with E-state index in [2.05, 4.69) is 22.8 Å². The van der Waals surface area contributed by atoms with Gasteiger partial charge in [0.1, 0.15) is 12.4 Å². The van der Waals surface area contributed by atoms with Gasteiger partial charge in [-0.2, -0.15) is 0 Å². The molecule has 2 fully saturated rings. The Morgan fingerprint density at radius 3 is 2.25 bits per heavy atom. The molecule has 0 radical (unpaired) electrons. The maximum absolute atomic E-state index is 13.2. The molecule has 2 aliphatic heterocycles. The quantitative estimate of drug-likeness (QED) is 0.552. The second-order valence-corrected chi connectivity index (χ2v) is 9.03. The molecule has 164 valence electrons. The van der Waals surface area contributed by atoms with Gasteiger partial charge in [0.25, 0.3) is 0 Å². The van der Waals surface area contributed by atoms with Crippen LogP contribution < -0.4 is 15.5 Å². The molecular weight excluding hydrogens is 401 g/mol. The first-order chi connectivity index (χ1) is 15.7. The van der Waals surface area contributed by atoms with Crippen LogP contribution in [0.15, 0.2) is 78.9 Å². The fourth-order valence-corrected chi connectivity index (χ4v) is 5.48. The SMILES string of the molecule is O=C(Nc1ccccc1-c1ccccc1)NC1C[C@H]2CC[C@@H](C1)[NH+]2Cc1ccc(F)cc1. The summed E-state index contributed by atoms with van der Waals surface area (Å²) in [5.74, 6) is -0.186. The van der Waals surface area contributed by atoms with Crippen LogP contribution in [-0.4, -0.2) is 24.2 Å². The molecule has 4 atom stereocenters. The van der Waals surface area contributed by atoms with Crippen LogP contribution in [-0.2, 0) is 6.54 Å². The number of para-hydroxylation sites is 1. The van der Waals surface area contributed by atoms with Crippen molar-refractivity contribution in [1.29, 1.82) is 0 Å². The minimum Gasteiger partial charge on any atom is -0.335 e. The summed E-state index contributed by atoms with van der Waals surface area (Å²) in [6.45, 7) is 0.930. The Labute approximate surface area is 188 Å². The topological polar surface area (TPSA) is 45.6 Å². The molecule has 5 rings (SSSR count). The van der Waals surface area contributed by atoms with E-state index < -0.39 is 0 Å². The molecule has 32 heavy (non-hydrogen) atoms. The Morgan fingerprint density at radius 1 is 0.875 bits per heavy atom. The number of anilines is 1. The number of hydrogen-bond acceptors (Lipinski definition) is 1. The first-order valence-corrected chi connectivity index (χ1v) is 11.5. The summed E-state index contributed by atoms with van der Waals surface area (Å²) in [6, 6.07) is 26.0.